The Morgan fingerprint density at radius 3 is 2.81 bits per heavy atom. The van der Waals surface area contributed by atoms with Gasteiger partial charge in [-0.3, -0.25) is 4.79 Å². The number of hydrogen-bond acceptors (Lipinski definition) is 4. The van der Waals surface area contributed by atoms with Gasteiger partial charge in [0.15, 0.2) is 5.75 Å². The lowest BCUT2D eigenvalue weighted by molar-refractivity contribution is 0.0558. The number of amides is 1. The fourth-order valence-electron chi connectivity index (χ4n) is 2.57. The molecular formula is C16H24N2O3. The number of ether oxygens (including phenoxy) is 1. The van der Waals surface area contributed by atoms with Crippen LogP contribution in [0.5, 0.6) is 5.75 Å². The number of carbonyl (C=O) groups excluding carboxylic acids is 1. The van der Waals surface area contributed by atoms with Gasteiger partial charge in [-0.05, 0) is 44.7 Å². The summed E-state index contributed by atoms with van der Waals surface area (Å²) in [5, 5.41) is 9.04. The third-order valence-electron chi connectivity index (χ3n) is 3.90. The van der Waals surface area contributed by atoms with Crippen LogP contribution >= 0.6 is 0 Å². The Balaban J connectivity index is 2.25. The van der Waals surface area contributed by atoms with E-state index in [1.165, 1.54) is 0 Å². The van der Waals surface area contributed by atoms with E-state index < -0.39 is 0 Å². The van der Waals surface area contributed by atoms with Crippen molar-refractivity contribution in [2.75, 3.05) is 25.5 Å². The number of hydrogen-bond donors (Lipinski definition) is 2. The molecule has 1 aliphatic carbocycles. The maximum Gasteiger partial charge on any atom is 0.257 e. The smallest absolute Gasteiger partial charge is 0.257 e. The summed E-state index contributed by atoms with van der Waals surface area (Å²) in [5.41, 5.74) is 6.93. The van der Waals surface area contributed by atoms with Crippen LogP contribution in [0.15, 0.2) is 18.2 Å². The molecule has 1 fully saturated rings. The molecule has 0 atom stereocenters. The molecule has 5 heteroatoms. The fraction of sp³-hybridized carbons (Fsp3) is 0.562. The predicted molar refractivity (Wildman–Crippen MR) is 82.4 cm³/mol. The summed E-state index contributed by atoms with van der Waals surface area (Å²) in [6, 6.07) is 5.55. The minimum atomic E-state index is -0.0519. The largest absolute Gasteiger partial charge is 0.491 e. The number of nitrogens with two attached hydrogens (primary N) is 1. The monoisotopic (exact) mass is 292 g/mol. The normalized spacial score (nSPS) is 14.6. The molecular weight excluding hydrogens is 268 g/mol. The van der Waals surface area contributed by atoms with E-state index in [1.54, 1.807) is 18.2 Å². The summed E-state index contributed by atoms with van der Waals surface area (Å²) in [6.07, 6.45) is 3.81. The Labute approximate surface area is 125 Å². The number of nitrogens with zero attached hydrogens (tertiary/aromatic N) is 1. The van der Waals surface area contributed by atoms with Crippen LogP contribution in [0.4, 0.5) is 5.69 Å². The maximum atomic E-state index is 12.8. The number of rotatable bonds is 7. The molecule has 0 spiro atoms. The number of benzene rings is 1. The van der Waals surface area contributed by atoms with Crippen molar-refractivity contribution in [3.63, 3.8) is 0 Å². The lowest BCUT2D eigenvalue weighted by Gasteiger charge is -2.38. The van der Waals surface area contributed by atoms with Crippen LogP contribution in [-0.4, -0.2) is 41.7 Å². The van der Waals surface area contributed by atoms with Crippen molar-refractivity contribution in [1.29, 1.82) is 0 Å². The Hall–Kier alpha value is -1.75. The van der Waals surface area contributed by atoms with Gasteiger partial charge in [-0.25, -0.2) is 0 Å². The van der Waals surface area contributed by atoms with Crippen molar-refractivity contribution in [3.05, 3.63) is 23.8 Å². The van der Waals surface area contributed by atoms with E-state index in [4.69, 9.17) is 15.6 Å². The fourth-order valence-corrected chi connectivity index (χ4v) is 2.57. The number of carbonyl (C=O) groups is 1. The number of nitrogen functional groups attached to an aromatic ring is 1. The van der Waals surface area contributed by atoms with Gasteiger partial charge in [0.1, 0.15) is 0 Å². The highest BCUT2D eigenvalue weighted by Crippen LogP contribution is 2.31. The van der Waals surface area contributed by atoms with E-state index in [9.17, 15) is 4.79 Å². The van der Waals surface area contributed by atoms with Crippen molar-refractivity contribution in [2.24, 2.45) is 0 Å². The number of aliphatic hydroxyl groups is 1. The average Bonchev–Trinajstić information content (AvgIpc) is 2.43. The van der Waals surface area contributed by atoms with Crippen molar-refractivity contribution in [3.8, 4) is 5.75 Å². The van der Waals surface area contributed by atoms with E-state index in [2.05, 4.69) is 0 Å². The van der Waals surface area contributed by atoms with Crippen molar-refractivity contribution < 1.29 is 14.6 Å². The standard InChI is InChI=1S/C16H24N2O3/c1-2-21-15-13(8-4-9-14(15)17)16(20)18(10-5-11-19)12-6-3-7-12/h4,8-9,12,19H,2-3,5-7,10-11,17H2,1H3. The first-order chi connectivity index (χ1) is 10.2. The highest BCUT2D eigenvalue weighted by atomic mass is 16.5. The maximum absolute atomic E-state index is 12.8. The van der Waals surface area contributed by atoms with Gasteiger partial charge in [-0.2, -0.15) is 0 Å². The molecule has 116 valence electrons. The number of aliphatic hydroxyl groups excluding tert-OH is 1. The molecule has 0 aromatic heterocycles. The molecule has 1 amide bonds. The molecule has 0 aliphatic heterocycles. The summed E-state index contributed by atoms with van der Waals surface area (Å²) in [7, 11) is 0. The van der Waals surface area contributed by atoms with Crippen LogP contribution in [0.1, 0.15) is 43.0 Å². The Morgan fingerprint density at radius 2 is 2.24 bits per heavy atom. The molecule has 0 bridgehead atoms. The topological polar surface area (TPSA) is 75.8 Å². The molecule has 2 rings (SSSR count). The minimum absolute atomic E-state index is 0.0519. The molecule has 1 aliphatic rings. The Bertz CT molecular complexity index is 486. The first-order valence-electron chi connectivity index (χ1n) is 7.62. The molecule has 0 heterocycles. The molecule has 21 heavy (non-hydrogen) atoms. The molecule has 1 saturated carbocycles. The van der Waals surface area contributed by atoms with Crippen LogP contribution < -0.4 is 10.5 Å². The molecule has 0 saturated heterocycles. The van der Waals surface area contributed by atoms with Crippen LogP contribution in [0.2, 0.25) is 0 Å². The zero-order valence-corrected chi connectivity index (χ0v) is 12.5. The zero-order chi connectivity index (χ0) is 15.2. The summed E-state index contributed by atoms with van der Waals surface area (Å²) in [4.78, 5) is 14.7. The quantitative estimate of drug-likeness (QED) is 0.754. The van der Waals surface area contributed by atoms with E-state index in [0.717, 1.165) is 19.3 Å². The first kappa shape index (κ1) is 15.6. The third-order valence-corrected chi connectivity index (χ3v) is 3.90. The molecule has 0 radical (unpaired) electrons. The summed E-state index contributed by atoms with van der Waals surface area (Å²) >= 11 is 0. The average molecular weight is 292 g/mol. The van der Waals surface area contributed by atoms with E-state index in [0.29, 0.717) is 36.6 Å². The molecule has 3 N–H and O–H groups in total. The molecule has 1 aromatic carbocycles. The van der Waals surface area contributed by atoms with Gasteiger partial charge in [0.25, 0.3) is 5.91 Å². The van der Waals surface area contributed by atoms with Gasteiger partial charge in [0.2, 0.25) is 0 Å². The van der Waals surface area contributed by atoms with E-state index >= 15 is 0 Å². The Kier molecular flexibility index (Phi) is 5.44. The van der Waals surface area contributed by atoms with Crippen molar-refractivity contribution >= 4 is 11.6 Å². The van der Waals surface area contributed by atoms with Crippen LogP contribution in [0.3, 0.4) is 0 Å². The van der Waals surface area contributed by atoms with Gasteiger partial charge in [-0.1, -0.05) is 6.07 Å². The summed E-state index contributed by atoms with van der Waals surface area (Å²) in [5.74, 6) is 0.419. The number of para-hydroxylation sites is 1. The van der Waals surface area contributed by atoms with Gasteiger partial charge in [0, 0.05) is 19.2 Å². The Morgan fingerprint density at radius 1 is 1.48 bits per heavy atom. The molecule has 1 aromatic rings. The van der Waals surface area contributed by atoms with Gasteiger partial charge in [0.05, 0.1) is 17.9 Å². The predicted octanol–water partition coefficient (Wildman–Crippen LogP) is 2.04. The van der Waals surface area contributed by atoms with E-state index in [-0.39, 0.29) is 18.6 Å². The van der Waals surface area contributed by atoms with Gasteiger partial charge in [-0.15, -0.1) is 0 Å². The second-order valence-electron chi connectivity index (χ2n) is 5.32. The summed E-state index contributed by atoms with van der Waals surface area (Å²) < 4.78 is 5.55. The van der Waals surface area contributed by atoms with Crippen molar-refractivity contribution in [2.45, 2.75) is 38.6 Å². The third kappa shape index (κ3) is 3.47. The molecule has 0 unspecified atom stereocenters. The SMILES string of the molecule is CCOc1c(N)cccc1C(=O)N(CCCO)C1CCC1. The van der Waals surface area contributed by atoms with Gasteiger partial charge >= 0.3 is 0 Å². The first-order valence-corrected chi connectivity index (χ1v) is 7.62. The number of anilines is 1. The molecule has 5 nitrogen and oxygen atoms in total. The highest BCUT2D eigenvalue weighted by molar-refractivity contribution is 5.98. The van der Waals surface area contributed by atoms with Gasteiger partial charge < -0.3 is 20.5 Å². The van der Waals surface area contributed by atoms with Crippen LogP contribution in [0.25, 0.3) is 0 Å². The summed E-state index contributed by atoms with van der Waals surface area (Å²) in [6.45, 7) is 3.00. The van der Waals surface area contributed by atoms with E-state index in [1.807, 2.05) is 11.8 Å². The van der Waals surface area contributed by atoms with Crippen LogP contribution in [-0.2, 0) is 0 Å². The lowest BCUT2D eigenvalue weighted by Crippen LogP contribution is -2.45. The second-order valence-corrected chi connectivity index (χ2v) is 5.32. The van der Waals surface area contributed by atoms with Crippen molar-refractivity contribution in [1.82, 2.24) is 4.90 Å². The lowest BCUT2D eigenvalue weighted by atomic mass is 9.90. The zero-order valence-electron chi connectivity index (χ0n) is 12.5. The van der Waals surface area contributed by atoms with Crippen LogP contribution in [0, 0.1) is 0 Å². The second kappa shape index (κ2) is 7.31. The minimum Gasteiger partial charge on any atom is -0.491 e. The highest BCUT2D eigenvalue weighted by Gasteiger charge is 2.30.